The van der Waals surface area contributed by atoms with E-state index in [9.17, 15) is 18.5 Å². The number of nitrogens with zero attached hydrogens (tertiary/aromatic N) is 3. The Morgan fingerprint density at radius 2 is 1.65 bits per heavy atom. The average Bonchev–Trinajstić information content (AvgIpc) is 3.13. The first kappa shape index (κ1) is 22.2. The van der Waals surface area contributed by atoms with Gasteiger partial charge in [0.2, 0.25) is 26.6 Å². The van der Waals surface area contributed by atoms with Crippen molar-refractivity contribution >= 4 is 21.4 Å². The van der Waals surface area contributed by atoms with Crippen molar-refractivity contribution < 1.29 is 27.2 Å². The number of fused-ring (bicyclic) bond motifs is 1. The van der Waals surface area contributed by atoms with Crippen LogP contribution in [0.4, 0.5) is 11.6 Å². The third-order valence-corrected chi connectivity index (χ3v) is 7.53. The second-order valence-electron chi connectivity index (χ2n) is 8.11. The molecule has 2 aliphatic rings. The van der Waals surface area contributed by atoms with Crippen molar-refractivity contribution in [1.29, 1.82) is 0 Å². The van der Waals surface area contributed by atoms with Crippen molar-refractivity contribution in [2.75, 3.05) is 31.2 Å². The maximum atomic E-state index is 13.8. The van der Waals surface area contributed by atoms with E-state index in [4.69, 9.17) is 13.9 Å². The van der Waals surface area contributed by atoms with Crippen LogP contribution in [-0.2, 0) is 9.84 Å². The molecule has 0 N–H and O–H groups in total. The van der Waals surface area contributed by atoms with Gasteiger partial charge >= 0.3 is 0 Å². The smallest absolute Gasteiger partial charge is 0.282 e. The summed E-state index contributed by atoms with van der Waals surface area (Å²) < 4.78 is 44.5. The van der Waals surface area contributed by atoms with Crippen LogP contribution < -0.4 is 14.4 Å². The van der Waals surface area contributed by atoms with E-state index in [1.807, 2.05) is 4.90 Å². The van der Waals surface area contributed by atoms with Gasteiger partial charge in [-0.05, 0) is 31.0 Å². The monoisotopic (exact) mass is 485 g/mol. The molecule has 0 radical (unpaired) electrons. The molecule has 1 fully saturated rings. The molecule has 11 heteroatoms. The Balaban J connectivity index is 1.65. The molecule has 0 unspecified atom stereocenters. The van der Waals surface area contributed by atoms with E-state index in [2.05, 4.69) is 4.98 Å². The Morgan fingerprint density at radius 3 is 2.38 bits per heavy atom. The number of nitro groups is 1. The first-order valence-corrected chi connectivity index (χ1v) is 12.6. The Kier molecular flexibility index (Phi) is 5.86. The summed E-state index contributed by atoms with van der Waals surface area (Å²) in [4.78, 5) is 17.2. The minimum Gasteiger partial charge on any atom is -0.486 e. The quantitative estimate of drug-likeness (QED) is 0.385. The van der Waals surface area contributed by atoms with Crippen molar-refractivity contribution in [1.82, 2.24) is 4.98 Å². The zero-order valence-corrected chi connectivity index (χ0v) is 19.1. The van der Waals surface area contributed by atoms with E-state index in [-0.39, 0.29) is 32.9 Å². The molecule has 0 atom stereocenters. The summed E-state index contributed by atoms with van der Waals surface area (Å²) in [5.74, 6) is 0.803. The summed E-state index contributed by atoms with van der Waals surface area (Å²) in [5, 5.41) is 11.3. The number of sulfone groups is 1. The number of anilines is 1. The molecule has 3 heterocycles. The Labute approximate surface area is 196 Å². The van der Waals surface area contributed by atoms with Crippen LogP contribution in [0.15, 0.2) is 56.8 Å². The van der Waals surface area contributed by atoms with Crippen LogP contribution in [0.5, 0.6) is 11.5 Å². The number of para-hydroxylation sites is 1. The summed E-state index contributed by atoms with van der Waals surface area (Å²) in [6, 6.07) is 10.4. The lowest BCUT2D eigenvalue weighted by atomic mass is 10.2. The first-order valence-electron chi connectivity index (χ1n) is 11.1. The molecule has 0 aliphatic carbocycles. The Bertz CT molecular complexity index is 1330. The van der Waals surface area contributed by atoms with Gasteiger partial charge in [0, 0.05) is 25.2 Å². The molecule has 0 bridgehead atoms. The van der Waals surface area contributed by atoms with Crippen LogP contribution in [0.25, 0.3) is 11.5 Å². The predicted octanol–water partition coefficient (Wildman–Crippen LogP) is 4.23. The summed E-state index contributed by atoms with van der Waals surface area (Å²) in [6.07, 6.45) is 3.83. The van der Waals surface area contributed by atoms with E-state index in [1.165, 1.54) is 30.3 Å². The SMILES string of the molecule is O=[N+]([O-])c1ccccc1-c1nc(S(=O)(=O)c2ccc3c(c2)OCCO3)c(N2CCCCCC2)o1. The summed E-state index contributed by atoms with van der Waals surface area (Å²) >= 11 is 0. The molecule has 178 valence electrons. The van der Waals surface area contributed by atoms with Crippen molar-refractivity contribution in [3.05, 3.63) is 52.6 Å². The highest BCUT2D eigenvalue weighted by Crippen LogP contribution is 2.40. The Morgan fingerprint density at radius 1 is 0.941 bits per heavy atom. The molecule has 3 aromatic rings. The number of ether oxygens (including phenoxy) is 2. The minimum atomic E-state index is -4.14. The van der Waals surface area contributed by atoms with Gasteiger partial charge in [0.05, 0.1) is 9.82 Å². The Hall–Kier alpha value is -3.60. The van der Waals surface area contributed by atoms with Gasteiger partial charge in [-0.3, -0.25) is 10.1 Å². The second-order valence-corrected chi connectivity index (χ2v) is 9.98. The summed E-state index contributed by atoms with van der Waals surface area (Å²) in [7, 11) is -4.14. The van der Waals surface area contributed by atoms with E-state index < -0.39 is 14.8 Å². The number of hydrogen-bond acceptors (Lipinski definition) is 9. The van der Waals surface area contributed by atoms with Crippen LogP contribution in [0.1, 0.15) is 25.7 Å². The maximum Gasteiger partial charge on any atom is 0.282 e. The predicted molar refractivity (Wildman–Crippen MR) is 122 cm³/mol. The summed E-state index contributed by atoms with van der Waals surface area (Å²) in [5.41, 5.74) is -0.0957. The highest BCUT2D eigenvalue weighted by molar-refractivity contribution is 7.91. The van der Waals surface area contributed by atoms with Crippen molar-refractivity contribution in [2.45, 2.75) is 35.6 Å². The van der Waals surface area contributed by atoms with E-state index in [0.29, 0.717) is 37.8 Å². The van der Waals surface area contributed by atoms with Crippen molar-refractivity contribution in [3.63, 3.8) is 0 Å². The van der Waals surface area contributed by atoms with Gasteiger partial charge in [-0.25, -0.2) is 8.42 Å². The zero-order valence-electron chi connectivity index (χ0n) is 18.3. The molecule has 0 amide bonds. The van der Waals surface area contributed by atoms with Gasteiger partial charge in [-0.1, -0.05) is 25.0 Å². The molecule has 2 aromatic carbocycles. The zero-order chi connectivity index (χ0) is 23.7. The van der Waals surface area contributed by atoms with Crippen LogP contribution >= 0.6 is 0 Å². The highest BCUT2D eigenvalue weighted by Gasteiger charge is 2.34. The number of aromatic nitrogens is 1. The highest BCUT2D eigenvalue weighted by atomic mass is 32.2. The van der Waals surface area contributed by atoms with E-state index >= 15 is 0 Å². The molecule has 10 nitrogen and oxygen atoms in total. The second kappa shape index (κ2) is 8.98. The molecule has 1 aromatic heterocycles. The molecular formula is C23H23N3O7S. The lowest BCUT2D eigenvalue weighted by Gasteiger charge is -2.21. The number of rotatable bonds is 5. The van der Waals surface area contributed by atoms with Gasteiger partial charge in [-0.15, -0.1) is 0 Å². The molecule has 0 saturated carbocycles. The number of oxazole rings is 1. The number of nitro benzene ring substituents is 1. The van der Waals surface area contributed by atoms with Crippen molar-refractivity contribution in [2.24, 2.45) is 0 Å². The molecule has 1 saturated heterocycles. The standard InChI is InChI=1S/C23H23N3O7S/c27-26(28)18-8-4-3-7-17(18)21-24-22(23(33-21)25-11-5-1-2-6-12-25)34(29,30)16-9-10-19-20(15-16)32-14-13-31-19/h3-4,7-10,15H,1-2,5-6,11-14H2. The van der Waals surface area contributed by atoms with Gasteiger partial charge in [-0.2, -0.15) is 4.98 Å². The molecular weight excluding hydrogens is 462 g/mol. The minimum absolute atomic E-state index is 0.0183. The largest absolute Gasteiger partial charge is 0.486 e. The van der Waals surface area contributed by atoms with E-state index in [0.717, 1.165) is 25.7 Å². The van der Waals surface area contributed by atoms with Gasteiger partial charge in [0.1, 0.15) is 18.8 Å². The van der Waals surface area contributed by atoms with Gasteiger partial charge in [0.25, 0.3) is 5.69 Å². The van der Waals surface area contributed by atoms with E-state index in [1.54, 1.807) is 12.1 Å². The molecule has 2 aliphatic heterocycles. The molecule has 5 rings (SSSR count). The third-order valence-electron chi connectivity index (χ3n) is 5.88. The van der Waals surface area contributed by atoms with Gasteiger partial charge < -0.3 is 18.8 Å². The van der Waals surface area contributed by atoms with Crippen LogP contribution in [0, 0.1) is 10.1 Å². The van der Waals surface area contributed by atoms with Crippen LogP contribution in [0.3, 0.4) is 0 Å². The first-order chi connectivity index (χ1) is 16.4. The van der Waals surface area contributed by atoms with Gasteiger partial charge in [0.15, 0.2) is 11.5 Å². The fourth-order valence-corrected chi connectivity index (χ4v) is 5.51. The topological polar surface area (TPSA) is 125 Å². The normalized spacial score (nSPS) is 16.2. The van der Waals surface area contributed by atoms with Crippen LogP contribution in [0.2, 0.25) is 0 Å². The lowest BCUT2D eigenvalue weighted by molar-refractivity contribution is -0.384. The summed E-state index contributed by atoms with van der Waals surface area (Å²) in [6.45, 7) is 1.92. The molecule has 34 heavy (non-hydrogen) atoms. The number of hydrogen-bond donors (Lipinski definition) is 0. The maximum absolute atomic E-state index is 13.8. The fraction of sp³-hybridized carbons (Fsp3) is 0.348. The number of benzene rings is 2. The molecule has 0 spiro atoms. The van der Waals surface area contributed by atoms with Crippen molar-refractivity contribution in [3.8, 4) is 23.0 Å². The van der Waals surface area contributed by atoms with Crippen LogP contribution in [-0.4, -0.2) is 44.6 Å². The fourth-order valence-electron chi connectivity index (χ4n) is 4.18. The third kappa shape index (κ3) is 4.07. The average molecular weight is 486 g/mol. The lowest BCUT2D eigenvalue weighted by Crippen LogP contribution is -2.25.